The fourth-order valence-corrected chi connectivity index (χ4v) is 4.25. The van der Waals surface area contributed by atoms with Gasteiger partial charge in [0.1, 0.15) is 11.6 Å². The van der Waals surface area contributed by atoms with E-state index in [-0.39, 0.29) is 11.9 Å². The van der Waals surface area contributed by atoms with Crippen molar-refractivity contribution >= 4 is 23.1 Å². The van der Waals surface area contributed by atoms with Crippen molar-refractivity contribution in [3.8, 4) is 0 Å². The second kappa shape index (κ2) is 7.07. The van der Waals surface area contributed by atoms with Crippen LogP contribution in [0.5, 0.6) is 0 Å². The van der Waals surface area contributed by atoms with Crippen molar-refractivity contribution in [2.45, 2.75) is 46.1 Å². The third-order valence-corrected chi connectivity index (χ3v) is 5.60. The van der Waals surface area contributed by atoms with Crippen molar-refractivity contribution in [1.82, 2.24) is 19.9 Å². The van der Waals surface area contributed by atoms with Gasteiger partial charge >= 0.3 is 0 Å². The van der Waals surface area contributed by atoms with Crippen LogP contribution in [0.25, 0.3) is 0 Å². The molecule has 0 bridgehead atoms. The zero-order valence-corrected chi connectivity index (χ0v) is 16.4. The Balaban J connectivity index is 1.83. The first-order chi connectivity index (χ1) is 11.8. The lowest BCUT2D eigenvalue weighted by atomic mass is 10.1. The summed E-state index contributed by atoms with van der Waals surface area (Å²) in [4.78, 5) is 31.5. The molecule has 3 heterocycles. The van der Waals surface area contributed by atoms with E-state index < -0.39 is 0 Å². The Bertz CT molecular complexity index is 786. The van der Waals surface area contributed by atoms with Gasteiger partial charge in [0, 0.05) is 31.6 Å². The normalized spacial score (nSPS) is 17.2. The van der Waals surface area contributed by atoms with E-state index in [9.17, 15) is 4.79 Å². The highest BCUT2D eigenvalue weighted by molar-refractivity contribution is 7.11. The molecule has 6 nitrogen and oxygen atoms in total. The largest absolute Gasteiger partial charge is 0.363 e. The second-order valence-corrected chi connectivity index (χ2v) is 8.04. The third kappa shape index (κ3) is 3.81. The second-order valence-electron chi connectivity index (χ2n) is 6.76. The van der Waals surface area contributed by atoms with E-state index in [0.29, 0.717) is 6.42 Å². The minimum Gasteiger partial charge on any atom is -0.363 e. The molecule has 2 aromatic rings. The van der Waals surface area contributed by atoms with Gasteiger partial charge in [0.05, 0.1) is 28.9 Å². The zero-order valence-electron chi connectivity index (χ0n) is 15.5. The van der Waals surface area contributed by atoms with E-state index in [1.54, 1.807) is 11.3 Å². The summed E-state index contributed by atoms with van der Waals surface area (Å²) in [5, 5.41) is 1.01. The molecule has 1 aliphatic heterocycles. The maximum Gasteiger partial charge on any atom is 0.228 e. The average molecular weight is 359 g/mol. The molecule has 3 rings (SSSR count). The van der Waals surface area contributed by atoms with Gasteiger partial charge in [0.2, 0.25) is 5.91 Å². The zero-order chi connectivity index (χ0) is 18.1. The van der Waals surface area contributed by atoms with E-state index in [4.69, 9.17) is 0 Å². The number of rotatable bonds is 4. The van der Waals surface area contributed by atoms with Gasteiger partial charge in [0.15, 0.2) is 0 Å². The molecule has 0 unspecified atom stereocenters. The molecule has 7 heteroatoms. The van der Waals surface area contributed by atoms with Crippen LogP contribution in [0, 0.1) is 20.8 Å². The van der Waals surface area contributed by atoms with Crippen molar-refractivity contribution in [3.63, 3.8) is 0 Å². The third-order valence-electron chi connectivity index (χ3n) is 4.53. The van der Waals surface area contributed by atoms with Gasteiger partial charge in [-0.15, -0.1) is 11.3 Å². The van der Waals surface area contributed by atoms with Crippen molar-refractivity contribution in [3.05, 3.63) is 33.2 Å². The fraction of sp³-hybridized carbons (Fsp3) is 0.556. The van der Waals surface area contributed by atoms with Crippen LogP contribution >= 0.6 is 11.3 Å². The Kier molecular flexibility index (Phi) is 5.03. The smallest absolute Gasteiger partial charge is 0.228 e. The highest BCUT2D eigenvalue weighted by atomic mass is 32.1. The fourth-order valence-electron chi connectivity index (χ4n) is 3.32. The van der Waals surface area contributed by atoms with Crippen LogP contribution in [0.4, 0.5) is 5.82 Å². The van der Waals surface area contributed by atoms with Crippen LogP contribution in [0.2, 0.25) is 0 Å². The van der Waals surface area contributed by atoms with Crippen molar-refractivity contribution in [2.24, 2.45) is 0 Å². The summed E-state index contributed by atoms with van der Waals surface area (Å²) < 4.78 is 0. The maximum absolute atomic E-state index is 12.9. The highest BCUT2D eigenvalue weighted by Crippen LogP contribution is 2.33. The molecular weight excluding hydrogens is 334 g/mol. The number of anilines is 1. The molecule has 0 aliphatic carbocycles. The van der Waals surface area contributed by atoms with Gasteiger partial charge in [-0.2, -0.15) is 0 Å². The van der Waals surface area contributed by atoms with E-state index in [1.165, 1.54) is 0 Å². The molecule has 0 N–H and O–H groups in total. The predicted molar refractivity (Wildman–Crippen MR) is 100 cm³/mol. The Morgan fingerprint density at radius 1 is 1.28 bits per heavy atom. The van der Waals surface area contributed by atoms with Gasteiger partial charge in [-0.05, 0) is 33.6 Å². The Labute approximate surface area is 152 Å². The van der Waals surface area contributed by atoms with E-state index >= 15 is 0 Å². The van der Waals surface area contributed by atoms with Crippen molar-refractivity contribution < 1.29 is 4.79 Å². The van der Waals surface area contributed by atoms with Gasteiger partial charge in [-0.25, -0.2) is 15.0 Å². The van der Waals surface area contributed by atoms with Crippen LogP contribution in [0.3, 0.4) is 0 Å². The standard InChI is InChI=1S/C18H25N5OS/c1-11-16(25-13(3)19-11)10-18(24)23-8-6-7-15(23)14-9-17(22(4)5)21-12(2)20-14/h9,15H,6-8,10H2,1-5H3/t15-/m1/s1. The highest BCUT2D eigenvalue weighted by Gasteiger charge is 2.32. The molecule has 25 heavy (non-hydrogen) atoms. The maximum atomic E-state index is 12.9. The van der Waals surface area contributed by atoms with Gasteiger partial charge < -0.3 is 9.80 Å². The van der Waals surface area contributed by atoms with Gasteiger partial charge in [0.25, 0.3) is 0 Å². The number of aromatic nitrogens is 3. The summed E-state index contributed by atoms with van der Waals surface area (Å²) in [5.74, 6) is 1.79. The lowest BCUT2D eigenvalue weighted by Gasteiger charge is -2.25. The number of amides is 1. The summed E-state index contributed by atoms with van der Waals surface area (Å²) in [6, 6.07) is 2.05. The summed E-state index contributed by atoms with van der Waals surface area (Å²) in [6.07, 6.45) is 2.39. The Hall–Kier alpha value is -2.02. The first-order valence-electron chi connectivity index (χ1n) is 8.60. The number of carbonyl (C=O) groups is 1. The monoisotopic (exact) mass is 359 g/mol. The topological polar surface area (TPSA) is 62.2 Å². The van der Waals surface area contributed by atoms with Gasteiger partial charge in [-0.3, -0.25) is 4.79 Å². The molecule has 1 amide bonds. The summed E-state index contributed by atoms with van der Waals surface area (Å²) in [5.41, 5.74) is 1.92. The predicted octanol–water partition coefficient (Wildman–Crippen LogP) is 2.83. The minimum atomic E-state index is 0.0437. The molecule has 1 fully saturated rings. The molecule has 0 radical (unpaired) electrons. The molecule has 134 valence electrons. The number of nitrogens with zero attached hydrogens (tertiary/aromatic N) is 5. The number of hydrogen-bond donors (Lipinski definition) is 0. The molecule has 0 spiro atoms. The molecule has 1 atom stereocenters. The number of aryl methyl sites for hydroxylation is 3. The van der Waals surface area contributed by atoms with Crippen molar-refractivity contribution in [1.29, 1.82) is 0 Å². The quantitative estimate of drug-likeness (QED) is 0.840. The molecule has 1 aliphatic rings. The summed E-state index contributed by atoms with van der Waals surface area (Å²) in [6.45, 7) is 6.66. The van der Waals surface area contributed by atoms with Crippen LogP contribution < -0.4 is 4.90 Å². The SMILES string of the molecule is Cc1nc([C@H]2CCCN2C(=O)Cc2sc(C)nc2C)cc(N(C)C)n1. The molecule has 0 aromatic carbocycles. The van der Waals surface area contributed by atoms with E-state index in [1.807, 2.05) is 50.7 Å². The number of carbonyl (C=O) groups excluding carboxylic acids is 1. The van der Waals surface area contributed by atoms with Gasteiger partial charge in [-0.1, -0.05) is 0 Å². The Morgan fingerprint density at radius 3 is 2.68 bits per heavy atom. The van der Waals surface area contributed by atoms with Crippen LogP contribution in [-0.4, -0.2) is 46.4 Å². The van der Waals surface area contributed by atoms with Crippen LogP contribution in [0.15, 0.2) is 6.07 Å². The lowest BCUT2D eigenvalue weighted by molar-refractivity contribution is -0.131. The molecule has 2 aromatic heterocycles. The summed E-state index contributed by atoms with van der Waals surface area (Å²) >= 11 is 1.62. The average Bonchev–Trinajstić information content (AvgIpc) is 3.13. The van der Waals surface area contributed by atoms with Crippen molar-refractivity contribution in [2.75, 3.05) is 25.5 Å². The molecule has 1 saturated heterocycles. The number of hydrogen-bond acceptors (Lipinski definition) is 6. The minimum absolute atomic E-state index is 0.0437. The van der Waals surface area contributed by atoms with Crippen LogP contribution in [-0.2, 0) is 11.2 Å². The van der Waals surface area contributed by atoms with E-state index in [2.05, 4.69) is 15.0 Å². The molecule has 0 saturated carbocycles. The molecular formula is C18H25N5OS. The first-order valence-corrected chi connectivity index (χ1v) is 9.42. The van der Waals surface area contributed by atoms with E-state index in [0.717, 1.165) is 52.3 Å². The number of likely N-dealkylation sites (tertiary alicyclic amines) is 1. The first kappa shape index (κ1) is 17.8. The lowest BCUT2D eigenvalue weighted by Crippen LogP contribution is -2.32. The number of thiazole rings is 1. The van der Waals surface area contributed by atoms with Crippen LogP contribution in [0.1, 0.15) is 46.0 Å². The summed E-state index contributed by atoms with van der Waals surface area (Å²) in [7, 11) is 3.94. The Morgan fingerprint density at radius 2 is 2.04 bits per heavy atom.